The second-order valence-corrected chi connectivity index (χ2v) is 4.43. The van der Waals surface area contributed by atoms with Gasteiger partial charge in [-0.05, 0) is 5.56 Å². The second kappa shape index (κ2) is 6.03. The number of carbonyl (C=O) groups excluding carboxylic acids is 1. The molecule has 1 aliphatic rings. The van der Waals surface area contributed by atoms with Crippen molar-refractivity contribution in [3.63, 3.8) is 0 Å². The Bertz CT molecular complexity index is 369. The second-order valence-electron chi connectivity index (χ2n) is 4.05. The maximum atomic E-state index is 11.8. The molecule has 0 spiro atoms. The Labute approximate surface area is 106 Å². The Kier molecular flexibility index (Phi) is 4.40. The van der Waals surface area contributed by atoms with Gasteiger partial charge in [0.15, 0.2) is 0 Å². The van der Waals surface area contributed by atoms with Crippen LogP contribution in [0.5, 0.6) is 0 Å². The summed E-state index contributed by atoms with van der Waals surface area (Å²) in [6.07, 6.45) is 0.396. The molecule has 0 saturated carbocycles. The van der Waals surface area contributed by atoms with Gasteiger partial charge in [-0.1, -0.05) is 30.3 Å². The largest absolute Gasteiger partial charge is 0.370 e. The van der Waals surface area contributed by atoms with Crippen molar-refractivity contribution in [2.75, 3.05) is 25.6 Å². The molecule has 3 nitrogen and oxygen atoms in total. The first-order valence-electron chi connectivity index (χ1n) is 5.81. The molecule has 0 radical (unpaired) electrons. The number of carbonyl (C=O) groups is 1. The van der Waals surface area contributed by atoms with Gasteiger partial charge < -0.3 is 9.64 Å². The van der Waals surface area contributed by atoms with Crippen LogP contribution in [0.3, 0.4) is 0 Å². The van der Waals surface area contributed by atoms with Gasteiger partial charge in [-0.25, -0.2) is 0 Å². The van der Waals surface area contributed by atoms with Crippen LogP contribution < -0.4 is 0 Å². The van der Waals surface area contributed by atoms with E-state index in [0.29, 0.717) is 32.0 Å². The Morgan fingerprint density at radius 2 is 2.18 bits per heavy atom. The summed E-state index contributed by atoms with van der Waals surface area (Å²) >= 11 is 5.59. The Morgan fingerprint density at radius 1 is 1.41 bits per heavy atom. The van der Waals surface area contributed by atoms with Crippen LogP contribution in [-0.2, 0) is 9.53 Å². The molecule has 1 aromatic carbocycles. The highest BCUT2D eigenvalue weighted by Crippen LogP contribution is 2.22. The maximum Gasteiger partial charge on any atom is 0.223 e. The molecular formula is C13H16ClNO2. The van der Waals surface area contributed by atoms with Crippen molar-refractivity contribution in [2.45, 2.75) is 12.5 Å². The fourth-order valence-electron chi connectivity index (χ4n) is 1.98. The quantitative estimate of drug-likeness (QED) is 0.773. The van der Waals surface area contributed by atoms with Gasteiger partial charge in [-0.2, -0.15) is 0 Å². The molecule has 17 heavy (non-hydrogen) atoms. The van der Waals surface area contributed by atoms with Gasteiger partial charge in [0.05, 0.1) is 13.2 Å². The number of hydrogen-bond donors (Lipinski definition) is 0. The van der Waals surface area contributed by atoms with Gasteiger partial charge >= 0.3 is 0 Å². The third-order valence-electron chi connectivity index (χ3n) is 2.90. The molecule has 1 fully saturated rings. The predicted molar refractivity (Wildman–Crippen MR) is 67.1 cm³/mol. The number of benzene rings is 1. The number of rotatable bonds is 3. The van der Waals surface area contributed by atoms with Crippen LogP contribution in [0.4, 0.5) is 0 Å². The van der Waals surface area contributed by atoms with Crippen LogP contribution in [0.2, 0.25) is 0 Å². The summed E-state index contributed by atoms with van der Waals surface area (Å²) in [6, 6.07) is 10.00. The number of halogens is 1. The molecule has 0 N–H and O–H groups in total. The van der Waals surface area contributed by atoms with Crippen molar-refractivity contribution in [2.24, 2.45) is 0 Å². The molecule has 1 saturated heterocycles. The molecule has 1 amide bonds. The summed E-state index contributed by atoms with van der Waals surface area (Å²) in [7, 11) is 0. The van der Waals surface area contributed by atoms with Crippen LogP contribution >= 0.6 is 11.6 Å². The molecule has 0 aliphatic carbocycles. The molecule has 1 aliphatic heterocycles. The average molecular weight is 254 g/mol. The molecule has 4 heteroatoms. The highest BCUT2D eigenvalue weighted by atomic mass is 35.5. The summed E-state index contributed by atoms with van der Waals surface area (Å²) in [5, 5.41) is 0. The van der Waals surface area contributed by atoms with Crippen LogP contribution in [0.1, 0.15) is 18.1 Å². The first-order valence-corrected chi connectivity index (χ1v) is 6.35. The number of alkyl halides is 1. The van der Waals surface area contributed by atoms with E-state index in [2.05, 4.69) is 0 Å². The zero-order chi connectivity index (χ0) is 12.1. The van der Waals surface area contributed by atoms with E-state index in [1.54, 1.807) is 0 Å². The van der Waals surface area contributed by atoms with E-state index in [1.165, 1.54) is 0 Å². The molecule has 1 unspecified atom stereocenters. The van der Waals surface area contributed by atoms with Crippen LogP contribution in [0.15, 0.2) is 30.3 Å². The fraction of sp³-hybridized carbons (Fsp3) is 0.462. The highest BCUT2D eigenvalue weighted by Gasteiger charge is 2.24. The molecule has 1 atom stereocenters. The topological polar surface area (TPSA) is 29.5 Å². The molecule has 0 bridgehead atoms. The summed E-state index contributed by atoms with van der Waals surface area (Å²) in [6.45, 7) is 1.88. The van der Waals surface area contributed by atoms with E-state index in [1.807, 2.05) is 35.2 Å². The lowest BCUT2D eigenvalue weighted by Crippen LogP contribution is -2.42. The summed E-state index contributed by atoms with van der Waals surface area (Å²) < 4.78 is 5.70. The monoisotopic (exact) mass is 253 g/mol. The first kappa shape index (κ1) is 12.4. The van der Waals surface area contributed by atoms with Gasteiger partial charge in [-0.15, -0.1) is 11.6 Å². The predicted octanol–water partition coefficient (Wildman–Crippen LogP) is 2.22. The summed E-state index contributed by atoms with van der Waals surface area (Å²) in [5.74, 6) is 0.496. The van der Waals surface area contributed by atoms with Crippen LogP contribution in [0, 0.1) is 0 Å². The number of nitrogens with zero attached hydrogens (tertiary/aromatic N) is 1. The number of amides is 1. The lowest BCUT2D eigenvalue weighted by molar-refractivity contribution is -0.138. The molecule has 92 valence electrons. The van der Waals surface area contributed by atoms with Crippen LogP contribution in [-0.4, -0.2) is 36.4 Å². The van der Waals surface area contributed by atoms with E-state index >= 15 is 0 Å². The molecule has 1 aromatic rings. The standard InChI is InChI=1S/C13H16ClNO2/c14-7-6-13(16)15-8-9-17-12(10-15)11-4-2-1-3-5-11/h1-5,12H,6-10H2. The van der Waals surface area contributed by atoms with Gasteiger partial charge in [0.25, 0.3) is 0 Å². The Morgan fingerprint density at radius 3 is 2.88 bits per heavy atom. The van der Waals surface area contributed by atoms with E-state index in [4.69, 9.17) is 16.3 Å². The smallest absolute Gasteiger partial charge is 0.223 e. The number of ether oxygens (including phenoxy) is 1. The lowest BCUT2D eigenvalue weighted by atomic mass is 10.1. The third-order valence-corrected chi connectivity index (χ3v) is 3.09. The van der Waals surface area contributed by atoms with Gasteiger partial charge in [0.2, 0.25) is 5.91 Å². The van der Waals surface area contributed by atoms with Crippen molar-refractivity contribution in [3.05, 3.63) is 35.9 Å². The normalized spacial score (nSPS) is 20.3. The molecule has 0 aromatic heterocycles. The minimum absolute atomic E-state index is 0.00998. The fourth-order valence-corrected chi connectivity index (χ4v) is 2.15. The van der Waals surface area contributed by atoms with Crippen molar-refractivity contribution in [1.29, 1.82) is 0 Å². The van der Waals surface area contributed by atoms with Crippen molar-refractivity contribution in [3.8, 4) is 0 Å². The number of hydrogen-bond acceptors (Lipinski definition) is 2. The van der Waals surface area contributed by atoms with Crippen molar-refractivity contribution < 1.29 is 9.53 Å². The van der Waals surface area contributed by atoms with Crippen molar-refractivity contribution in [1.82, 2.24) is 4.90 Å². The van der Waals surface area contributed by atoms with E-state index in [9.17, 15) is 4.79 Å². The Hall–Kier alpha value is -1.06. The van der Waals surface area contributed by atoms with Gasteiger partial charge in [-0.3, -0.25) is 4.79 Å². The van der Waals surface area contributed by atoms with E-state index in [-0.39, 0.29) is 12.0 Å². The van der Waals surface area contributed by atoms with Gasteiger partial charge in [0, 0.05) is 18.8 Å². The summed E-state index contributed by atoms with van der Waals surface area (Å²) in [4.78, 5) is 13.6. The Balaban J connectivity index is 2.00. The minimum Gasteiger partial charge on any atom is -0.370 e. The summed E-state index contributed by atoms with van der Waals surface area (Å²) in [5.41, 5.74) is 1.12. The third kappa shape index (κ3) is 3.20. The molecular weight excluding hydrogens is 238 g/mol. The first-order chi connectivity index (χ1) is 8.31. The molecule has 2 rings (SSSR count). The highest BCUT2D eigenvalue weighted by molar-refractivity contribution is 6.18. The van der Waals surface area contributed by atoms with Crippen LogP contribution in [0.25, 0.3) is 0 Å². The zero-order valence-electron chi connectivity index (χ0n) is 9.64. The van der Waals surface area contributed by atoms with Gasteiger partial charge in [0.1, 0.15) is 6.10 Å². The molecule has 1 heterocycles. The minimum atomic E-state index is -0.00998. The average Bonchev–Trinajstić information content (AvgIpc) is 2.40. The maximum absolute atomic E-state index is 11.8. The van der Waals surface area contributed by atoms with Crippen molar-refractivity contribution >= 4 is 17.5 Å². The SMILES string of the molecule is O=C(CCCl)N1CCOC(c2ccccc2)C1. The number of morpholine rings is 1. The zero-order valence-corrected chi connectivity index (χ0v) is 10.4. The van der Waals surface area contributed by atoms with E-state index < -0.39 is 0 Å². The van der Waals surface area contributed by atoms with E-state index in [0.717, 1.165) is 5.56 Å². The lowest BCUT2D eigenvalue weighted by Gasteiger charge is -2.33.